The third-order valence-corrected chi connectivity index (χ3v) is 2.82. The second-order valence-corrected chi connectivity index (χ2v) is 5.58. The van der Waals surface area contributed by atoms with Crippen molar-refractivity contribution in [3.63, 3.8) is 0 Å². The summed E-state index contributed by atoms with van der Waals surface area (Å²) in [7, 11) is 0. The zero-order chi connectivity index (χ0) is 15.1. The van der Waals surface area contributed by atoms with E-state index in [1.807, 2.05) is 0 Å². The Morgan fingerprint density at radius 1 is 1.20 bits per heavy atom. The summed E-state index contributed by atoms with van der Waals surface area (Å²) >= 11 is 0. The van der Waals surface area contributed by atoms with Gasteiger partial charge in [0.25, 0.3) is 11.8 Å². The minimum atomic E-state index is -0.722. The van der Waals surface area contributed by atoms with E-state index in [2.05, 4.69) is 5.32 Å². The monoisotopic (exact) mass is 276 g/mol. The van der Waals surface area contributed by atoms with E-state index in [4.69, 9.17) is 4.42 Å². The first-order chi connectivity index (χ1) is 9.20. The topological polar surface area (TPSA) is 79.6 Å². The maximum Gasteiger partial charge on any atom is 0.331 e. The molecule has 2 heterocycles. The summed E-state index contributed by atoms with van der Waals surface area (Å²) in [6.45, 7) is 6.91. The Kier molecular flexibility index (Phi) is 3.25. The molecular weight excluding hydrogens is 260 g/mol. The van der Waals surface area contributed by atoms with Gasteiger partial charge in [-0.3, -0.25) is 19.8 Å². The molecule has 4 amide bonds. The molecular formula is C14H16N2O4. The van der Waals surface area contributed by atoms with Crippen LogP contribution < -0.4 is 5.32 Å². The molecule has 1 aliphatic heterocycles. The van der Waals surface area contributed by atoms with Crippen molar-refractivity contribution < 1.29 is 18.8 Å². The first-order valence-corrected chi connectivity index (χ1v) is 6.18. The van der Waals surface area contributed by atoms with Crippen molar-refractivity contribution in [3.05, 3.63) is 29.2 Å². The first kappa shape index (κ1) is 14.0. The first-order valence-electron chi connectivity index (χ1n) is 6.18. The molecule has 0 atom stereocenters. The van der Waals surface area contributed by atoms with Gasteiger partial charge in [0.05, 0.1) is 0 Å². The molecule has 0 spiro atoms. The number of furan rings is 1. The summed E-state index contributed by atoms with van der Waals surface area (Å²) in [5.41, 5.74) is -0.839. The standard InChI is InChI=1S/C14H16N2O4/c1-8-5-6-9(20-8)7-10-11(17)15-13(19)16(12(10)18)14(2,3)4/h5-7H,1-4H3,(H,15,17,19). The molecule has 6 heteroatoms. The summed E-state index contributed by atoms with van der Waals surface area (Å²) in [5.74, 6) is -0.275. The zero-order valence-electron chi connectivity index (χ0n) is 11.8. The second-order valence-electron chi connectivity index (χ2n) is 5.58. The lowest BCUT2D eigenvalue weighted by molar-refractivity contribution is -0.133. The van der Waals surface area contributed by atoms with Crippen LogP contribution in [0, 0.1) is 6.92 Å². The van der Waals surface area contributed by atoms with Crippen LogP contribution in [0.2, 0.25) is 0 Å². The highest BCUT2D eigenvalue weighted by atomic mass is 16.3. The average Bonchev–Trinajstić information content (AvgIpc) is 2.67. The van der Waals surface area contributed by atoms with Gasteiger partial charge >= 0.3 is 6.03 Å². The molecule has 0 bridgehead atoms. The van der Waals surface area contributed by atoms with E-state index >= 15 is 0 Å². The van der Waals surface area contributed by atoms with E-state index in [0.717, 1.165) is 4.90 Å². The van der Waals surface area contributed by atoms with Crippen molar-refractivity contribution in [1.82, 2.24) is 10.2 Å². The van der Waals surface area contributed by atoms with Gasteiger partial charge in [-0.15, -0.1) is 0 Å². The van der Waals surface area contributed by atoms with Gasteiger partial charge in [-0.25, -0.2) is 4.79 Å². The SMILES string of the molecule is Cc1ccc(C=C2C(=O)NC(=O)N(C(C)(C)C)C2=O)o1. The molecule has 20 heavy (non-hydrogen) atoms. The van der Waals surface area contributed by atoms with E-state index in [-0.39, 0.29) is 5.57 Å². The van der Waals surface area contributed by atoms with E-state index in [0.29, 0.717) is 11.5 Å². The molecule has 1 aliphatic rings. The van der Waals surface area contributed by atoms with Crippen LogP contribution in [0.5, 0.6) is 0 Å². The molecule has 106 valence electrons. The number of hydrogen-bond acceptors (Lipinski definition) is 4. The van der Waals surface area contributed by atoms with E-state index in [1.54, 1.807) is 39.8 Å². The number of nitrogens with zero attached hydrogens (tertiary/aromatic N) is 1. The van der Waals surface area contributed by atoms with Crippen molar-refractivity contribution in [2.45, 2.75) is 33.2 Å². The lowest BCUT2D eigenvalue weighted by Crippen LogP contribution is -2.60. The van der Waals surface area contributed by atoms with Gasteiger partial charge in [0.1, 0.15) is 17.1 Å². The van der Waals surface area contributed by atoms with Crippen LogP contribution in [0.15, 0.2) is 22.1 Å². The van der Waals surface area contributed by atoms with Gasteiger partial charge < -0.3 is 4.42 Å². The van der Waals surface area contributed by atoms with Crippen molar-refractivity contribution in [3.8, 4) is 0 Å². The molecule has 0 saturated carbocycles. The molecule has 6 nitrogen and oxygen atoms in total. The number of aryl methyl sites for hydroxylation is 1. The molecule has 2 rings (SSSR count). The van der Waals surface area contributed by atoms with Crippen LogP contribution in [-0.2, 0) is 9.59 Å². The number of imide groups is 2. The highest BCUT2D eigenvalue weighted by molar-refractivity contribution is 6.31. The van der Waals surface area contributed by atoms with Gasteiger partial charge in [-0.05, 0) is 45.9 Å². The van der Waals surface area contributed by atoms with Gasteiger partial charge in [0.2, 0.25) is 0 Å². The molecule has 1 aromatic heterocycles. The van der Waals surface area contributed by atoms with Crippen LogP contribution in [0.3, 0.4) is 0 Å². The van der Waals surface area contributed by atoms with Crippen LogP contribution in [0.1, 0.15) is 32.3 Å². The number of carbonyl (C=O) groups is 3. The van der Waals surface area contributed by atoms with Crippen LogP contribution in [-0.4, -0.2) is 28.3 Å². The van der Waals surface area contributed by atoms with Crippen molar-refractivity contribution in [2.75, 3.05) is 0 Å². The average molecular weight is 276 g/mol. The molecule has 0 unspecified atom stereocenters. The predicted octanol–water partition coefficient (Wildman–Crippen LogP) is 1.85. The van der Waals surface area contributed by atoms with E-state index in [1.165, 1.54) is 6.08 Å². The van der Waals surface area contributed by atoms with Gasteiger partial charge in [0, 0.05) is 5.54 Å². The van der Waals surface area contributed by atoms with Crippen molar-refractivity contribution in [1.29, 1.82) is 0 Å². The number of barbiturate groups is 1. The predicted molar refractivity (Wildman–Crippen MR) is 71.6 cm³/mol. The third-order valence-electron chi connectivity index (χ3n) is 2.82. The summed E-state index contributed by atoms with van der Waals surface area (Å²) < 4.78 is 5.32. The van der Waals surface area contributed by atoms with E-state index in [9.17, 15) is 14.4 Å². The fourth-order valence-electron chi connectivity index (χ4n) is 1.94. The highest BCUT2D eigenvalue weighted by Gasteiger charge is 2.41. The maximum absolute atomic E-state index is 12.3. The Labute approximate surface area is 116 Å². The van der Waals surface area contributed by atoms with Crippen LogP contribution in [0.25, 0.3) is 6.08 Å². The van der Waals surface area contributed by atoms with Gasteiger partial charge in [0.15, 0.2) is 0 Å². The highest BCUT2D eigenvalue weighted by Crippen LogP contribution is 2.22. The summed E-state index contributed by atoms with van der Waals surface area (Å²) in [4.78, 5) is 37.0. The lowest BCUT2D eigenvalue weighted by Gasteiger charge is -2.36. The number of nitrogens with one attached hydrogen (secondary N) is 1. The quantitative estimate of drug-likeness (QED) is 0.627. The Hall–Kier alpha value is -2.37. The van der Waals surface area contributed by atoms with Crippen molar-refractivity contribution >= 4 is 23.9 Å². The van der Waals surface area contributed by atoms with Crippen LogP contribution >= 0.6 is 0 Å². The molecule has 1 N–H and O–H groups in total. The molecule has 1 aromatic rings. The smallest absolute Gasteiger partial charge is 0.331 e. The van der Waals surface area contributed by atoms with E-state index < -0.39 is 23.4 Å². The Bertz CT molecular complexity index is 619. The van der Waals surface area contributed by atoms with Gasteiger partial charge in [-0.1, -0.05) is 0 Å². The molecule has 0 aromatic carbocycles. The van der Waals surface area contributed by atoms with Crippen molar-refractivity contribution in [2.24, 2.45) is 0 Å². The lowest BCUT2D eigenvalue weighted by atomic mass is 10.0. The minimum Gasteiger partial charge on any atom is -0.462 e. The molecule has 1 fully saturated rings. The Morgan fingerprint density at radius 2 is 1.85 bits per heavy atom. The number of amides is 4. The second kappa shape index (κ2) is 4.63. The Balaban J connectivity index is 2.42. The zero-order valence-corrected chi connectivity index (χ0v) is 11.8. The number of carbonyl (C=O) groups excluding carboxylic acids is 3. The fourth-order valence-corrected chi connectivity index (χ4v) is 1.94. The Morgan fingerprint density at radius 3 is 2.35 bits per heavy atom. The minimum absolute atomic E-state index is 0.117. The fraction of sp³-hybridized carbons (Fsp3) is 0.357. The maximum atomic E-state index is 12.3. The summed E-state index contributed by atoms with van der Waals surface area (Å²) in [6.07, 6.45) is 1.34. The number of rotatable bonds is 1. The van der Waals surface area contributed by atoms with Crippen LogP contribution in [0.4, 0.5) is 4.79 Å². The summed E-state index contributed by atoms with van der Waals surface area (Å²) in [5, 5.41) is 2.16. The number of hydrogen-bond donors (Lipinski definition) is 1. The largest absolute Gasteiger partial charge is 0.462 e. The van der Waals surface area contributed by atoms with Gasteiger partial charge in [-0.2, -0.15) is 0 Å². The molecule has 0 aliphatic carbocycles. The normalized spacial score (nSPS) is 18.7. The third kappa shape index (κ3) is 2.49. The molecule has 1 saturated heterocycles. The molecule has 0 radical (unpaired) electrons. The summed E-state index contributed by atoms with van der Waals surface area (Å²) in [6, 6.07) is 2.67. The number of urea groups is 1.